The van der Waals surface area contributed by atoms with Gasteiger partial charge in [0.15, 0.2) is 0 Å². The normalized spacial score (nSPS) is 12.2. The zero-order chi connectivity index (χ0) is 14.5. The van der Waals surface area contributed by atoms with E-state index in [2.05, 4.69) is 36.5 Å². The number of hydrogen-bond donors (Lipinski definition) is 1. The van der Waals surface area contributed by atoms with E-state index in [4.69, 9.17) is 16.3 Å². The second-order valence-electron chi connectivity index (χ2n) is 4.77. The first-order chi connectivity index (χ1) is 9.65. The van der Waals surface area contributed by atoms with Crippen LogP contribution in [0.1, 0.15) is 29.7 Å². The maximum absolute atomic E-state index is 6.11. The summed E-state index contributed by atoms with van der Waals surface area (Å²) >= 11 is 6.11. The second-order valence-corrected chi connectivity index (χ2v) is 5.18. The number of nitrogens with one attached hydrogen (secondary N) is 1. The van der Waals surface area contributed by atoms with E-state index < -0.39 is 0 Å². The van der Waals surface area contributed by atoms with Crippen LogP contribution in [0.5, 0.6) is 5.75 Å². The highest BCUT2D eigenvalue weighted by Gasteiger charge is 2.13. The smallest absolute Gasteiger partial charge is 0.118 e. The van der Waals surface area contributed by atoms with Crippen molar-refractivity contribution in [3.05, 3.63) is 64.2 Å². The standard InChI is InChI=1S/C17H20ClNO/c1-4-19-17(13-5-8-15(20-3)9-6-13)14-7-10-16(18)12(2)11-14/h5-11,17,19H,4H2,1-3H3. The molecule has 0 aliphatic rings. The van der Waals surface area contributed by atoms with Crippen LogP contribution in [0.2, 0.25) is 5.02 Å². The molecule has 1 atom stereocenters. The zero-order valence-corrected chi connectivity index (χ0v) is 12.9. The summed E-state index contributed by atoms with van der Waals surface area (Å²) in [4.78, 5) is 0. The average Bonchev–Trinajstić information content (AvgIpc) is 2.48. The Hall–Kier alpha value is -1.51. The van der Waals surface area contributed by atoms with Crippen LogP contribution in [-0.4, -0.2) is 13.7 Å². The molecule has 0 aliphatic carbocycles. The van der Waals surface area contributed by atoms with Crippen molar-refractivity contribution >= 4 is 11.6 Å². The molecular weight excluding hydrogens is 270 g/mol. The van der Waals surface area contributed by atoms with Crippen molar-refractivity contribution < 1.29 is 4.74 Å². The number of halogens is 1. The fourth-order valence-electron chi connectivity index (χ4n) is 2.28. The average molecular weight is 290 g/mol. The fraction of sp³-hybridized carbons (Fsp3) is 0.294. The van der Waals surface area contributed by atoms with Gasteiger partial charge in [-0.25, -0.2) is 0 Å². The monoisotopic (exact) mass is 289 g/mol. The Bertz CT molecular complexity index is 566. The molecule has 106 valence electrons. The van der Waals surface area contributed by atoms with Crippen LogP contribution in [0.4, 0.5) is 0 Å². The van der Waals surface area contributed by atoms with Crippen molar-refractivity contribution in [2.45, 2.75) is 19.9 Å². The summed E-state index contributed by atoms with van der Waals surface area (Å²) < 4.78 is 5.21. The molecule has 2 rings (SSSR count). The van der Waals surface area contributed by atoms with Crippen LogP contribution in [0.25, 0.3) is 0 Å². The highest BCUT2D eigenvalue weighted by Crippen LogP contribution is 2.27. The summed E-state index contributed by atoms with van der Waals surface area (Å²) in [6, 6.07) is 14.5. The van der Waals surface area contributed by atoms with Crippen molar-refractivity contribution in [1.82, 2.24) is 5.32 Å². The minimum absolute atomic E-state index is 0.168. The van der Waals surface area contributed by atoms with Gasteiger partial charge in [-0.1, -0.05) is 42.8 Å². The first kappa shape index (κ1) is 14.9. The van der Waals surface area contributed by atoms with E-state index in [1.807, 2.05) is 25.1 Å². The van der Waals surface area contributed by atoms with E-state index in [1.54, 1.807) is 7.11 Å². The first-order valence-corrected chi connectivity index (χ1v) is 7.17. The first-order valence-electron chi connectivity index (χ1n) is 6.79. The van der Waals surface area contributed by atoms with Crippen molar-refractivity contribution in [2.75, 3.05) is 13.7 Å². The molecule has 0 saturated carbocycles. The van der Waals surface area contributed by atoms with Gasteiger partial charge in [-0.2, -0.15) is 0 Å². The summed E-state index contributed by atoms with van der Waals surface area (Å²) in [5.41, 5.74) is 3.54. The molecule has 0 radical (unpaired) electrons. The highest BCUT2D eigenvalue weighted by molar-refractivity contribution is 6.31. The number of methoxy groups -OCH3 is 1. The van der Waals surface area contributed by atoms with E-state index in [1.165, 1.54) is 11.1 Å². The van der Waals surface area contributed by atoms with Gasteiger partial charge in [-0.05, 0) is 48.4 Å². The van der Waals surface area contributed by atoms with E-state index >= 15 is 0 Å². The molecule has 0 bridgehead atoms. The van der Waals surface area contributed by atoms with Gasteiger partial charge in [0, 0.05) is 5.02 Å². The number of benzene rings is 2. The summed E-state index contributed by atoms with van der Waals surface area (Å²) in [5, 5.41) is 4.32. The van der Waals surface area contributed by atoms with Gasteiger partial charge in [-0.3, -0.25) is 0 Å². The van der Waals surface area contributed by atoms with Crippen molar-refractivity contribution in [3.63, 3.8) is 0 Å². The Kier molecular flexibility index (Phi) is 5.05. The predicted molar refractivity (Wildman–Crippen MR) is 84.7 cm³/mol. The molecule has 0 aromatic heterocycles. The van der Waals surface area contributed by atoms with Crippen molar-refractivity contribution in [2.24, 2.45) is 0 Å². The number of hydrogen-bond acceptors (Lipinski definition) is 2. The van der Waals surface area contributed by atoms with Crippen molar-refractivity contribution in [1.29, 1.82) is 0 Å². The number of aryl methyl sites for hydroxylation is 1. The molecule has 1 unspecified atom stereocenters. The maximum atomic E-state index is 6.11. The molecule has 0 fully saturated rings. The zero-order valence-electron chi connectivity index (χ0n) is 12.1. The molecular formula is C17H20ClNO. The Labute approximate surface area is 125 Å². The van der Waals surface area contributed by atoms with E-state index in [-0.39, 0.29) is 6.04 Å². The Morgan fingerprint density at radius 1 is 1.10 bits per heavy atom. The minimum atomic E-state index is 0.168. The van der Waals surface area contributed by atoms with Crippen LogP contribution in [0.15, 0.2) is 42.5 Å². The maximum Gasteiger partial charge on any atom is 0.118 e. The van der Waals surface area contributed by atoms with E-state index in [9.17, 15) is 0 Å². The van der Waals surface area contributed by atoms with Gasteiger partial charge in [-0.15, -0.1) is 0 Å². The van der Waals surface area contributed by atoms with Crippen LogP contribution in [0.3, 0.4) is 0 Å². The molecule has 0 saturated heterocycles. The molecule has 0 amide bonds. The van der Waals surface area contributed by atoms with E-state index in [0.717, 1.165) is 22.9 Å². The molecule has 3 heteroatoms. The Balaban J connectivity index is 2.35. The summed E-state index contributed by atoms with van der Waals surface area (Å²) in [6.45, 7) is 5.04. The van der Waals surface area contributed by atoms with E-state index in [0.29, 0.717) is 0 Å². The summed E-state index contributed by atoms with van der Waals surface area (Å²) in [5.74, 6) is 0.872. The third kappa shape index (κ3) is 3.33. The van der Waals surface area contributed by atoms with Gasteiger partial charge in [0.2, 0.25) is 0 Å². The van der Waals surface area contributed by atoms with Crippen molar-refractivity contribution in [3.8, 4) is 5.75 Å². The quantitative estimate of drug-likeness (QED) is 0.883. The van der Waals surface area contributed by atoms with Gasteiger partial charge in [0.05, 0.1) is 13.2 Å². The van der Waals surface area contributed by atoms with Crippen LogP contribution in [-0.2, 0) is 0 Å². The SMILES string of the molecule is CCNC(c1ccc(OC)cc1)c1ccc(Cl)c(C)c1. The largest absolute Gasteiger partial charge is 0.497 e. The molecule has 0 spiro atoms. The number of ether oxygens (including phenoxy) is 1. The van der Waals surface area contributed by atoms with Gasteiger partial charge in [0.25, 0.3) is 0 Å². The summed E-state index contributed by atoms with van der Waals surface area (Å²) in [6.07, 6.45) is 0. The minimum Gasteiger partial charge on any atom is -0.497 e. The Morgan fingerprint density at radius 3 is 2.30 bits per heavy atom. The number of rotatable bonds is 5. The van der Waals surface area contributed by atoms with Gasteiger partial charge >= 0.3 is 0 Å². The molecule has 2 aromatic carbocycles. The molecule has 2 aromatic rings. The lowest BCUT2D eigenvalue weighted by Crippen LogP contribution is -2.22. The predicted octanol–water partition coefficient (Wildman–Crippen LogP) is 4.36. The van der Waals surface area contributed by atoms with Gasteiger partial charge in [0.1, 0.15) is 5.75 Å². The highest BCUT2D eigenvalue weighted by atomic mass is 35.5. The van der Waals surface area contributed by atoms with Crippen LogP contribution < -0.4 is 10.1 Å². The second kappa shape index (κ2) is 6.78. The third-order valence-corrected chi connectivity index (χ3v) is 3.80. The molecule has 2 nitrogen and oxygen atoms in total. The fourth-order valence-corrected chi connectivity index (χ4v) is 2.39. The lowest BCUT2D eigenvalue weighted by atomic mass is 9.97. The third-order valence-electron chi connectivity index (χ3n) is 3.37. The molecule has 1 N–H and O–H groups in total. The van der Waals surface area contributed by atoms with Crippen LogP contribution in [0, 0.1) is 6.92 Å². The lowest BCUT2D eigenvalue weighted by Gasteiger charge is -2.20. The molecule has 0 aliphatic heterocycles. The van der Waals surface area contributed by atoms with Gasteiger partial charge < -0.3 is 10.1 Å². The Morgan fingerprint density at radius 2 is 1.75 bits per heavy atom. The van der Waals surface area contributed by atoms with Crippen LogP contribution >= 0.6 is 11.6 Å². The molecule has 20 heavy (non-hydrogen) atoms. The lowest BCUT2D eigenvalue weighted by molar-refractivity contribution is 0.414. The molecule has 0 heterocycles. The topological polar surface area (TPSA) is 21.3 Å². The summed E-state index contributed by atoms with van der Waals surface area (Å²) in [7, 11) is 1.68.